The zero-order valence-corrected chi connectivity index (χ0v) is 11.7. The number of anilines is 1. The lowest BCUT2D eigenvalue weighted by molar-refractivity contribution is 0.0978. The Balaban J connectivity index is 2.04. The average Bonchev–Trinajstić information content (AvgIpc) is 2.48. The third-order valence-electron chi connectivity index (χ3n) is 3.78. The highest BCUT2D eigenvalue weighted by atomic mass is 19.1. The van der Waals surface area contributed by atoms with Gasteiger partial charge in [-0.2, -0.15) is 0 Å². The van der Waals surface area contributed by atoms with Crippen molar-refractivity contribution < 1.29 is 14.3 Å². The molecule has 4 heteroatoms. The monoisotopic (exact) mass is 285 g/mol. The van der Waals surface area contributed by atoms with E-state index in [0.717, 1.165) is 29.8 Å². The molecule has 1 amide bonds. The van der Waals surface area contributed by atoms with Gasteiger partial charge in [-0.15, -0.1) is 0 Å². The van der Waals surface area contributed by atoms with E-state index in [9.17, 15) is 14.3 Å². The summed E-state index contributed by atoms with van der Waals surface area (Å²) in [7, 11) is 0. The minimum Gasteiger partial charge on any atom is -0.507 e. The topological polar surface area (TPSA) is 40.5 Å². The normalized spacial score (nSPS) is 17.4. The molecule has 108 valence electrons. The van der Waals surface area contributed by atoms with Crippen molar-refractivity contribution in [2.24, 2.45) is 5.92 Å². The summed E-state index contributed by atoms with van der Waals surface area (Å²) in [5.74, 6) is -0.780. The van der Waals surface area contributed by atoms with Gasteiger partial charge in [0.2, 0.25) is 0 Å². The van der Waals surface area contributed by atoms with Crippen LogP contribution in [0.2, 0.25) is 0 Å². The number of nitrogens with zero attached hydrogens (tertiary/aromatic N) is 1. The molecule has 3 nitrogen and oxygen atoms in total. The van der Waals surface area contributed by atoms with Crippen LogP contribution in [-0.2, 0) is 6.42 Å². The number of carbonyl (C=O) groups excluding carboxylic acids is 1. The molecule has 0 spiro atoms. The molecule has 0 aromatic heterocycles. The number of phenols is 1. The molecule has 1 atom stereocenters. The Morgan fingerprint density at radius 2 is 2.05 bits per heavy atom. The first-order chi connectivity index (χ1) is 10.1. The summed E-state index contributed by atoms with van der Waals surface area (Å²) >= 11 is 0. The second kappa shape index (κ2) is 5.20. The van der Waals surface area contributed by atoms with Crippen molar-refractivity contribution in [3.05, 3.63) is 59.4 Å². The zero-order chi connectivity index (χ0) is 15.0. The van der Waals surface area contributed by atoms with Gasteiger partial charge in [0, 0.05) is 12.2 Å². The zero-order valence-electron chi connectivity index (χ0n) is 11.7. The standard InChI is InChI=1S/C17H16FNO2/c1-11-8-12-4-2-3-5-15(12)19(10-11)17(21)14-9-13(18)6-7-16(14)20/h2-7,9,11,20H,8,10H2,1H3. The van der Waals surface area contributed by atoms with Gasteiger partial charge in [-0.25, -0.2) is 4.39 Å². The van der Waals surface area contributed by atoms with Crippen LogP contribution in [0.5, 0.6) is 5.75 Å². The van der Waals surface area contributed by atoms with Gasteiger partial charge in [-0.1, -0.05) is 25.1 Å². The molecule has 1 unspecified atom stereocenters. The number of para-hydroxylation sites is 1. The first-order valence-electron chi connectivity index (χ1n) is 6.94. The number of rotatable bonds is 1. The van der Waals surface area contributed by atoms with Gasteiger partial charge in [-0.05, 0) is 42.2 Å². The van der Waals surface area contributed by atoms with Gasteiger partial charge in [0.1, 0.15) is 11.6 Å². The highest BCUT2D eigenvalue weighted by molar-refractivity contribution is 6.08. The maximum absolute atomic E-state index is 13.4. The molecule has 3 rings (SSSR count). The Morgan fingerprint density at radius 3 is 2.86 bits per heavy atom. The molecule has 1 aliphatic heterocycles. The minimum absolute atomic E-state index is 0.00102. The molecule has 0 fully saturated rings. The quantitative estimate of drug-likeness (QED) is 0.872. The molecule has 1 aliphatic rings. The van der Waals surface area contributed by atoms with E-state index in [1.165, 1.54) is 6.07 Å². The van der Waals surface area contributed by atoms with Crippen molar-refractivity contribution in [1.29, 1.82) is 0 Å². The first-order valence-corrected chi connectivity index (χ1v) is 6.94. The highest BCUT2D eigenvalue weighted by Gasteiger charge is 2.28. The van der Waals surface area contributed by atoms with E-state index in [-0.39, 0.29) is 17.2 Å². The fourth-order valence-corrected chi connectivity index (χ4v) is 2.81. The Labute approximate surface area is 122 Å². The van der Waals surface area contributed by atoms with E-state index in [4.69, 9.17) is 0 Å². The van der Waals surface area contributed by atoms with E-state index < -0.39 is 5.82 Å². The Morgan fingerprint density at radius 1 is 1.29 bits per heavy atom. The van der Waals surface area contributed by atoms with Crippen LogP contribution in [0.4, 0.5) is 10.1 Å². The lowest BCUT2D eigenvalue weighted by atomic mass is 9.93. The SMILES string of the molecule is CC1Cc2ccccc2N(C(=O)c2cc(F)ccc2O)C1. The van der Waals surface area contributed by atoms with Crippen LogP contribution in [0, 0.1) is 11.7 Å². The third-order valence-corrected chi connectivity index (χ3v) is 3.78. The van der Waals surface area contributed by atoms with Crippen molar-refractivity contribution in [3.63, 3.8) is 0 Å². The number of amides is 1. The van der Waals surface area contributed by atoms with Gasteiger partial charge in [0.05, 0.1) is 5.56 Å². The van der Waals surface area contributed by atoms with Gasteiger partial charge in [0.15, 0.2) is 0 Å². The fraction of sp³-hybridized carbons (Fsp3) is 0.235. The molecule has 2 aromatic rings. The number of aromatic hydroxyl groups is 1. The summed E-state index contributed by atoms with van der Waals surface area (Å²) in [5.41, 5.74) is 1.93. The van der Waals surface area contributed by atoms with Crippen LogP contribution < -0.4 is 4.90 Å². The van der Waals surface area contributed by atoms with Crippen LogP contribution >= 0.6 is 0 Å². The maximum atomic E-state index is 13.4. The summed E-state index contributed by atoms with van der Waals surface area (Å²) in [6.45, 7) is 2.63. The highest BCUT2D eigenvalue weighted by Crippen LogP contribution is 2.32. The van der Waals surface area contributed by atoms with Crippen molar-refractivity contribution in [2.45, 2.75) is 13.3 Å². The molecular formula is C17H16FNO2. The van der Waals surface area contributed by atoms with Crippen molar-refractivity contribution in [3.8, 4) is 5.75 Å². The minimum atomic E-state index is -0.533. The molecule has 0 aliphatic carbocycles. The number of benzene rings is 2. The molecule has 1 heterocycles. The van der Waals surface area contributed by atoms with E-state index >= 15 is 0 Å². The summed E-state index contributed by atoms with van der Waals surface area (Å²) < 4.78 is 13.4. The number of hydrogen-bond acceptors (Lipinski definition) is 2. The second-order valence-electron chi connectivity index (χ2n) is 5.52. The maximum Gasteiger partial charge on any atom is 0.262 e. The number of halogens is 1. The second-order valence-corrected chi connectivity index (χ2v) is 5.52. The van der Waals surface area contributed by atoms with E-state index in [2.05, 4.69) is 6.92 Å². The van der Waals surface area contributed by atoms with Gasteiger partial charge in [0.25, 0.3) is 5.91 Å². The number of phenolic OH excluding ortho intramolecular Hbond substituents is 1. The smallest absolute Gasteiger partial charge is 0.262 e. The third kappa shape index (κ3) is 2.49. The summed E-state index contributed by atoms with van der Waals surface area (Å²) in [6, 6.07) is 11.1. The van der Waals surface area contributed by atoms with Crippen molar-refractivity contribution in [2.75, 3.05) is 11.4 Å². The van der Waals surface area contributed by atoms with Crippen LogP contribution in [0.25, 0.3) is 0 Å². The van der Waals surface area contributed by atoms with E-state index in [1.54, 1.807) is 4.90 Å². The van der Waals surface area contributed by atoms with Gasteiger partial charge in [-0.3, -0.25) is 4.79 Å². The molecule has 0 bridgehead atoms. The molecule has 0 saturated carbocycles. The Hall–Kier alpha value is -2.36. The van der Waals surface area contributed by atoms with Gasteiger partial charge >= 0.3 is 0 Å². The van der Waals surface area contributed by atoms with Crippen LogP contribution in [0.1, 0.15) is 22.8 Å². The molecular weight excluding hydrogens is 269 g/mol. The largest absolute Gasteiger partial charge is 0.507 e. The molecule has 2 aromatic carbocycles. The Bertz CT molecular complexity index is 699. The lowest BCUT2D eigenvalue weighted by Gasteiger charge is -2.33. The van der Waals surface area contributed by atoms with Crippen molar-refractivity contribution >= 4 is 11.6 Å². The average molecular weight is 285 g/mol. The predicted molar refractivity (Wildman–Crippen MR) is 79.1 cm³/mol. The van der Waals surface area contributed by atoms with Crippen LogP contribution in [-0.4, -0.2) is 17.6 Å². The first kappa shape index (κ1) is 13.6. The molecule has 21 heavy (non-hydrogen) atoms. The number of carbonyl (C=O) groups is 1. The number of hydrogen-bond donors (Lipinski definition) is 1. The summed E-state index contributed by atoms with van der Waals surface area (Å²) in [4.78, 5) is 14.3. The lowest BCUT2D eigenvalue weighted by Crippen LogP contribution is -2.39. The van der Waals surface area contributed by atoms with Crippen LogP contribution in [0.15, 0.2) is 42.5 Å². The van der Waals surface area contributed by atoms with Crippen molar-refractivity contribution in [1.82, 2.24) is 0 Å². The molecule has 0 saturated heterocycles. The van der Waals surface area contributed by atoms with E-state index in [0.29, 0.717) is 12.5 Å². The molecule has 1 N–H and O–H groups in total. The summed E-state index contributed by atoms with van der Waals surface area (Å²) in [6.07, 6.45) is 0.912. The van der Waals surface area contributed by atoms with E-state index in [1.807, 2.05) is 24.3 Å². The van der Waals surface area contributed by atoms with Gasteiger partial charge < -0.3 is 10.0 Å². The molecule has 0 radical (unpaired) electrons. The Kier molecular flexibility index (Phi) is 3.37. The summed E-state index contributed by atoms with van der Waals surface area (Å²) in [5, 5.41) is 9.84. The van der Waals surface area contributed by atoms with Crippen LogP contribution in [0.3, 0.4) is 0 Å². The predicted octanol–water partition coefficient (Wildman–Crippen LogP) is 3.37. The fourth-order valence-electron chi connectivity index (χ4n) is 2.81. The number of fused-ring (bicyclic) bond motifs is 1.